The number of amides is 3. The number of nitrogens with zero attached hydrogens (tertiary/aromatic N) is 2. The van der Waals surface area contributed by atoms with Crippen LogP contribution in [0.1, 0.15) is 47.1 Å². The van der Waals surface area contributed by atoms with E-state index in [0.29, 0.717) is 11.1 Å². The molecule has 3 amide bonds. The van der Waals surface area contributed by atoms with Crippen molar-refractivity contribution in [2.75, 3.05) is 26.3 Å². The van der Waals surface area contributed by atoms with E-state index in [1.807, 2.05) is 0 Å². The van der Waals surface area contributed by atoms with E-state index in [1.54, 1.807) is 57.2 Å². The molecule has 0 saturated carbocycles. The molecule has 7 nitrogen and oxygen atoms in total. The molecular weight excluding hydrogens is 415 g/mol. The van der Waals surface area contributed by atoms with E-state index in [9.17, 15) is 18.8 Å². The summed E-state index contributed by atoms with van der Waals surface area (Å²) in [6.07, 6.45) is -0.509. The second-order valence-electron chi connectivity index (χ2n) is 8.45. The average molecular weight is 442 g/mol. The summed E-state index contributed by atoms with van der Waals surface area (Å²) in [7, 11) is 0. The highest BCUT2D eigenvalue weighted by Crippen LogP contribution is 2.22. The van der Waals surface area contributed by atoms with Gasteiger partial charge in [0.1, 0.15) is 11.4 Å². The minimum absolute atomic E-state index is 0.122. The van der Waals surface area contributed by atoms with Crippen molar-refractivity contribution in [3.63, 3.8) is 0 Å². The Morgan fingerprint density at radius 2 is 1.56 bits per heavy atom. The molecule has 0 fully saturated rings. The smallest absolute Gasteiger partial charge is 0.410 e. The zero-order valence-corrected chi connectivity index (χ0v) is 18.5. The fraction of sp³-hybridized carbons (Fsp3) is 0.375. The Hall–Kier alpha value is -3.26. The Labute approximate surface area is 186 Å². The predicted octanol–water partition coefficient (Wildman–Crippen LogP) is 3.88. The molecule has 0 N–H and O–H groups in total. The van der Waals surface area contributed by atoms with Crippen LogP contribution < -0.4 is 0 Å². The van der Waals surface area contributed by atoms with E-state index in [2.05, 4.69) is 0 Å². The highest BCUT2D eigenvalue weighted by atomic mass is 19.1. The fourth-order valence-electron chi connectivity index (χ4n) is 3.25. The monoisotopic (exact) mass is 442 g/mol. The third-order valence-corrected chi connectivity index (χ3v) is 4.78. The standard InChI is InChI=1S/C24H27FN2O5/c1-24(2,3)32-23(30)26(16-17-8-10-18(25)11-9-17)12-14-31-15-13-27-21(28)19-6-4-5-7-20(19)22(27)29/h4-11H,12-16H2,1-3H3. The molecule has 1 heterocycles. The van der Waals surface area contributed by atoms with Crippen LogP contribution in [-0.2, 0) is 16.0 Å². The Bertz CT molecular complexity index is 950. The van der Waals surface area contributed by atoms with E-state index in [1.165, 1.54) is 17.0 Å². The van der Waals surface area contributed by atoms with Gasteiger partial charge in [0.25, 0.3) is 11.8 Å². The first kappa shape index (κ1) is 23.4. The number of ether oxygens (including phenoxy) is 2. The number of rotatable bonds is 8. The molecule has 8 heteroatoms. The number of benzene rings is 2. The molecule has 0 radical (unpaired) electrons. The van der Waals surface area contributed by atoms with Gasteiger partial charge in [-0.3, -0.25) is 14.5 Å². The Morgan fingerprint density at radius 1 is 0.969 bits per heavy atom. The largest absolute Gasteiger partial charge is 0.444 e. The van der Waals surface area contributed by atoms with Crippen LogP contribution in [0.15, 0.2) is 48.5 Å². The minimum Gasteiger partial charge on any atom is -0.444 e. The van der Waals surface area contributed by atoms with Gasteiger partial charge >= 0.3 is 6.09 Å². The molecule has 170 valence electrons. The van der Waals surface area contributed by atoms with Crippen molar-refractivity contribution in [2.45, 2.75) is 32.9 Å². The summed E-state index contributed by atoms with van der Waals surface area (Å²) in [4.78, 5) is 40.0. The molecule has 0 atom stereocenters. The van der Waals surface area contributed by atoms with Gasteiger partial charge in [0, 0.05) is 13.1 Å². The lowest BCUT2D eigenvalue weighted by atomic mass is 10.1. The van der Waals surface area contributed by atoms with Gasteiger partial charge in [0.05, 0.1) is 30.9 Å². The van der Waals surface area contributed by atoms with Crippen molar-refractivity contribution in [2.24, 2.45) is 0 Å². The van der Waals surface area contributed by atoms with Crippen LogP contribution >= 0.6 is 0 Å². The van der Waals surface area contributed by atoms with E-state index in [0.717, 1.165) is 10.5 Å². The summed E-state index contributed by atoms with van der Waals surface area (Å²) >= 11 is 0. The van der Waals surface area contributed by atoms with E-state index >= 15 is 0 Å². The van der Waals surface area contributed by atoms with Crippen molar-refractivity contribution in [1.29, 1.82) is 0 Å². The quantitative estimate of drug-likeness (QED) is 0.458. The zero-order valence-electron chi connectivity index (χ0n) is 18.5. The summed E-state index contributed by atoms with van der Waals surface area (Å²) in [5.74, 6) is -1.02. The Balaban J connectivity index is 1.52. The molecule has 3 rings (SSSR count). The number of imide groups is 1. The van der Waals surface area contributed by atoms with Crippen molar-refractivity contribution in [1.82, 2.24) is 9.80 Å². The van der Waals surface area contributed by atoms with Gasteiger partial charge in [-0.05, 0) is 50.6 Å². The maximum atomic E-state index is 13.2. The summed E-state index contributed by atoms with van der Waals surface area (Å²) in [6.45, 7) is 6.24. The number of carbonyl (C=O) groups is 3. The van der Waals surface area contributed by atoms with Gasteiger partial charge in [-0.1, -0.05) is 24.3 Å². The van der Waals surface area contributed by atoms with Crippen LogP contribution in [0.5, 0.6) is 0 Å². The molecule has 0 aliphatic carbocycles. The third-order valence-electron chi connectivity index (χ3n) is 4.78. The number of halogens is 1. The molecule has 0 bridgehead atoms. The van der Waals surface area contributed by atoms with E-state index in [-0.39, 0.29) is 50.5 Å². The molecule has 0 spiro atoms. The van der Waals surface area contributed by atoms with E-state index in [4.69, 9.17) is 9.47 Å². The van der Waals surface area contributed by atoms with Crippen LogP contribution in [0, 0.1) is 5.82 Å². The second kappa shape index (κ2) is 9.91. The van der Waals surface area contributed by atoms with Crippen LogP contribution in [0.2, 0.25) is 0 Å². The average Bonchev–Trinajstić information content (AvgIpc) is 2.98. The lowest BCUT2D eigenvalue weighted by molar-refractivity contribution is 0.0149. The fourth-order valence-corrected chi connectivity index (χ4v) is 3.25. The zero-order chi connectivity index (χ0) is 23.3. The molecule has 1 aliphatic heterocycles. The Kier molecular flexibility index (Phi) is 7.25. The lowest BCUT2D eigenvalue weighted by Gasteiger charge is -2.27. The summed E-state index contributed by atoms with van der Waals surface area (Å²) < 4.78 is 24.2. The molecule has 1 aliphatic rings. The van der Waals surface area contributed by atoms with Gasteiger partial charge < -0.3 is 14.4 Å². The van der Waals surface area contributed by atoms with Gasteiger partial charge in [-0.15, -0.1) is 0 Å². The number of hydrogen-bond acceptors (Lipinski definition) is 5. The second-order valence-corrected chi connectivity index (χ2v) is 8.45. The first-order valence-electron chi connectivity index (χ1n) is 10.4. The van der Waals surface area contributed by atoms with Gasteiger partial charge in [-0.2, -0.15) is 0 Å². The Morgan fingerprint density at radius 3 is 2.12 bits per heavy atom. The molecule has 0 saturated heterocycles. The number of carbonyl (C=O) groups excluding carboxylic acids is 3. The summed E-state index contributed by atoms with van der Waals surface area (Å²) in [5, 5.41) is 0. The van der Waals surface area contributed by atoms with Crippen molar-refractivity contribution in [3.8, 4) is 0 Å². The summed E-state index contributed by atoms with van der Waals surface area (Å²) in [6, 6.07) is 12.6. The first-order valence-corrected chi connectivity index (χ1v) is 10.4. The predicted molar refractivity (Wildman–Crippen MR) is 116 cm³/mol. The molecule has 0 aromatic heterocycles. The maximum Gasteiger partial charge on any atom is 0.410 e. The first-order chi connectivity index (χ1) is 15.2. The van der Waals surface area contributed by atoms with Crippen LogP contribution in [0.25, 0.3) is 0 Å². The van der Waals surface area contributed by atoms with Gasteiger partial charge in [0.2, 0.25) is 0 Å². The van der Waals surface area contributed by atoms with Gasteiger partial charge in [-0.25, -0.2) is 9.18 Å². The third kappa shape index (κ3) is 5.91. The van der Waals surface area contributed by atoms with Crippen molar-refractivity contribution in [3.05, 3.63) is 71.0 Å². The minimum atomic E-state index is -0.662. The highest BCUT2D eigenvalue weighted by Gasteiger charge is 2.34. The van der Waals surface area contributed by atoms with Crippen LogP contribution in [-0.4, -0.2) is 59.6 Å². The molecule has 2 aromatic carbocycles. The maximum absolute atomic E-state index is 13.2. The van der Waals surface area contributed by atoms with E-state index < -0.39 is 11.7 Å². The summed E-state index contributed by atoms with van der Waals surface area (Å²) in [5.41, 5.74) is 0.883. The SMILES string of the molecule is CC(C)(C)OC(=O)N(CCOCCN1C(=O)c2ccccc2C1=O)Cc1ccc(F)cc1. The highest BCUT2D eigenvalue weighted by molar-refractivity contribution is 6.21. The van der Waals surface area contributed by atoms with Crippen molar-refractivity contribution < 1.29 is 28.2 Å². The number of hydrogen-bond donors (Lipinski definition) is 0. The van der Waals surface area contributed by atoms with Crippen LogP contribution in [0.4, 0.5) is 9.18 Å². The van der Waals surface area contributed by atoms with Crippen molar-refractivity contribution >= 4 is 17.9 Å². The van der Waals surface area contributed by atoms with Gasteiger partial charge in [0.15, 0.2) is 0 Å². The molecule has 32 heavy (non-hydrogen) atoms. The lowest BCUT2D eigenvalue weighted by Crippen LogP contribution is -2.39. The molecule has 2 aromatic rings. The molecule has 0 unspecified atom stereocenters. The number of fused-ring (bicyclic) bond motifs is 1. The topological polar surface area (TPSA) is 76.2 Å². The normalized spacial score (nSPS) is 13.3. The van der Waals surface area contributed by atoms with Crippen LogP contribution in [0.3, 0.4) is 0 Å². The molecular formula is C24H27FN2O5.